The maximum atomic E-state index is 10.8. The van der Waals surface area contributed by atoms with Gasteiger partial charge < -0.3 is 20.7 Å². The Morgan fingerprint density at radius 3 is 2.54 bits per heavy atom. The Labute approximate surface area is 142 Å². The highest BCUT2D eigenvalue weighted by Crippen LogP contribution is 2.24. The summed E-state index contributed by atoms with van der Waals surface area (Å²) in [5.74, 6) is -0.343. The van der Waals surface area contributed by atoms with E-state index in [4.69, 9.17) is 10.5 Å². The van der Waals surface area contributed by atoms with Gasteiger partial charge in [-0.2, -0.15) is 0 Å². The second-order valence-corrected chi connectivity index (χ2v) is 5.92. The molecular formula is C19H23N3O2. The van der Waals surface area contributed by atoms with Crippen molar-refractivity contribution in [3.8, 4) is 11.1 Å². The standard InChI is InChI=1S/C19H23N3O2/c20-19(23)14-21-13-15-2-1-3-17(12-15)16-4-6-18(7-5-16)22-8-10-24-11-9-22/h1-7,12,21H,8-11,13-14H2,(H2,20,23). The fourth-order valence-corrected chi connectivity index (χ4v) is 2.88. The molecule has 1 saturated heterocycles. The van der Waals surface area contributed by atoms with Crippen LogP contribution in [-0.4, -0.2) is 38.8 Å². The van der Waals surface area contributed by atoms with Crippen LogP contribution < -0.4 is 16.0 Å². The van der Waals surface area contributed by atoms with Crippen LogP contribution in [-0.2, 0) is 16.1 Å². The van der Waals surface area contributed by atoms with Gasteiger partial charge in [0, 0.05) is 25.3 Å². The minimum absolute atomic E-state index is 0.193. The van der Waals surface area contributed by atoms with Gasteiger partial charge in [-0.3, -0.25) is 4.79 Å². The molecule has 0 bridgehead atoms. The van der Waals surface area contributed by atoms with Crippen molar-refractivity contribution in [2.45, 2.75) is 6.54 Å². The number of nitrogens with two attached hydrogens (primary N) is 1. The van der Waals surface area contributed by atoms with E-state index in [-0.39, 0.29) is 12.5 Å². The molecule has 5 heteroatoms. The first kappa shape index (κ1) is 16.5. The summed E-state index contributed by atoms with van der Waals surface area (Å²) in [6, 6.07) is 16.9. The number of rotatable bonds is 6. The highest BCUT2D eigenvalue weighted by atomic mass is 16.5. The molecule has 1 fully saturated rings. The van der Waals surface area contributed by atoms with Gasteiger partial charge in [0.05, 0.1) is 19.8 Å². The van der Waals surface area contributed by atoms with E-state index in [1.807, 2.05) is 12.1 Å². The van der Waals surface area contributed by atoms with E-state index >= 15 is 0 Å². The van der Waals surface area contributed by atoms with Gasteiger partial charge in [-0.05, 0) is 34.9 Å². The van der Waals surface area contributed by atoms with Gasteiger partial charge in [-0.15, -0.1) is 0 Å². The van der Waals surface area contributed by atoms with Crippen LogP contribution in [0.5, 0.6) is 0 Å². The molecule has 5 nitrogen and oxygen atoms in total. The lowest BCUT2D eigenvalue weighted by Crippen LogP contribution is -2.36. The molecule has 0 unspecified atom stereocenters. The lowest BCUT2D eigenvalue weighted by Gasteiger charge is -2.28. The third kappa shape index (κ3) is 4.34. The van der Waals surface area contributed by atoms with E-state index in [1.54, 1.807) is 0 Å². The Bertz CT molecular complexity index is 679. The number of anilines is 1. The second kappa shape index (κ2) is 7.95. The van der Waals surface area contributed by atoms with E-state index in [0.717, 1.165) is 31.9 Å². The third-order valence-electron chi connectivity index (χ3n) is 4.13. The van der Waals surface area contributed by atoms with Crippen LogP contribution >= 0.6 is 0 Å². The number of nitrogens with one attached hydrogen (secondary N) is 1. The van der Waals surface area contributed by atoms with Gasteiger partial charge in [0.15, 0.2) is 0 Å². The molecule has 126 valence electrons. The summed E-state index contributed by atoms with van der Waals surface area (Å²) in [5.41, 5.74) is 9.86. The summed E-state index contributed by atoms with van der Waals surface area (Å²) < 4.78 is 5.40. The van der Waals surface area contributed by atoms with E-state index in [1.165, 1.54) is 16.8 Å². The number of carbonyl (C=O) groups is 1. The molecule has 0 saturated carbocycles. The summed E-state index contributed by atoms with van der Waals surface area (Å²) >= 11 is 0. The van der Waals surface area contributed by atoms with Crippen molar-refractivity contribution < 1.29 is 9.53 Å². The van der Waals surface area contributed by atoms with E-state index in [2.05, 4.69) is 46.6 Å². The number of morpholine rings is 1. The fraction of sp³-hybridized carbons (Fsp3) is 0.316. The SMILES string of the molecule is NC(=O)CNCc1cccc(-c2ccc(N3CCOCC3)cc2)c1. The summed E-state index contributed by atoms with van der Waals surface area (Å²) in [6.07, 6.45) is 0. The van der Waals surface area contributed by atoms with Crippen LogP contribution in [0.25, 0.3) is 11.1 Å². The number of ether oxygens (including phenoxy) is 1. The average Bonchev–Trinajstić information content (AvgIpc) is 2.63. The molecule has 2 aromatic rings. The molecule has 24 heavy (non-hydrogen) atoms. The van der Waals surface area contributed by atoms with Crippen LogP contribution in [0.4, 0.5) is 5.69 Å². The Kier molecular flexibility index (Phi) is 5.46. The summed E-state index contributed by atoms with van der Waals surface area (Å²) in [4.78, 5) is 13.1. The van der Waals surface area contributed by atoms with Crippen LogP contribution in [0.3, 0.4) is 0 Å². The highest BCUT2D eigenvalue weighted by molar-refractivity contribution is 5.75. The van der Waals surface area contributed by atoms with Crippen molar-refractivity contribution in [1.29, 1.82) is 0 Å². The maximum absolute atomic E-state index is 10.8. The Morgan fingerprint density at radius 2 is 1.83 bits per heavy atom. The first-order valence-corrected chi connectivity index (χ1v) is 8.23. The summed E-state index contributed by atoms with van der Waals surface area (Å²) in [5, 5.41) is 3.04. The Balaban J connectivity index is 1.68. The normalized spacial score (nSPS) is 14.6. The lowest BCUT2D eigenvalue weighted by molar-refractivity contribution is -0.117. The molecule has 2 aromatic carbocycles. The van der Waals surface area contributed by atoms with Crippen LogP contribution in [0.2, 0.25) is 0 Å². The first-order valence-electron chi connectivity index (χ1n) is 8.23. The minimum Gasteiger partial charge on any atom is -0.378 e. The van der Waals surface area contributed by atoms with Crippen LogP contribution in [0.1, 0.15) is 5.56 Å². The molecule has 1 heterocycles. The summed E-state index contributed by atoms with van der Waals surface area (Å²) in [6.45, 7) is 4.30. The minimum atomic E-state index is -0.343. The number of hydrogen-bond acceptors (Lipinski definition) is 4. The predicted molar refractivity (Wildman–Crippen MR) is 95.8 cm³/mol. The van der Waals surface area contributed by atoms with Gasteiger partial charge in [0.1, 0.15) is 0 Å². The van der Waals surface area contributed by atoms with Crippen molar-refractivity contribution in [1.82, 2.24) is 5.32 Å². The zero-order valence-electron chi connectivity index (χ0n) is 13.7. The van der Waals surface area contributed by atoms with Crippen molar-refractivity contribution in [3.63, 3.8) is 0 Å². The molecule has 1 amide bonds. The molecule has 0 radical (unpaired) electrons. The molecule has 0 aromatic heterocycles. The lowest BCUT2D eigenvalue weighted by atomic mass is 10.0. The van der Waals surface area contributed by atoms with Crippen molar-refractivity contribution >= 4 is 11.6 Å². The number of hydrogen-bond donors (Lipinski definition) is 2. The topological polar surface area (TPSA) is 67.6 Å². The molecule has 3 rings (SSSR count). The Morgan fingerprint density at radius 1 is 1.08 bits per heavy atom. The van der Waals surface area contributed by atoms with E-state index in [9.17, 15) is 4.79 Å². The molecule has 0 spiro atoms. The van der Waals surface area contributed by atoms with Crippen molar-refractivity contribution in [2.24, 2.45) is 5.73 Å². The molecule has 3 N–H and O–H groups in total. The zero-order chi connectivity index (χ0) is 16.8. The van der Waals surface area contributed by atoms with Crippen molar-refractivity contribution in [2.75, 3.05) is 37.7 Å². The predicted octanol–water partition coefficient (Wildman–Crippen LogP) is 1.77. The van der Waals surface area contributed by atoms with Gasteiger partial charge in [-0.25, -0.2) is 0 Å². The third-order valence-corrected chi connectivity index (χ3v) is 4.13. The first-order chi connectivity index (χ1) is 11.7. The molecule has 1 aliphatic heterocycles. The Hall–Kier alpha value is -2.37. The number of benzene rings is 2. The average molecular weight is 325 g/mol. The molecule has 1 aliphatic rings. The second-order valence-electron chi connectivity index (χ2n) is 5.92. The van der Waals surface area contributed by atoms with Crippen molar-refractivity contribution in [3.05, 3.63) is 54.1 Å². The van der Waals surface area contributed by atoms with Gasteiger partial charge >= 0.3 is 0 Å². The van der Waals surface area contributed by atoms with Crippen LogP contribution in [0, 0.1) is 0 Å². The van der Waals surface area contributed by atoms with Gasteiger partial charge in [0.2, 0.25) is 5.91 Å². The smallest absolute Gasteiger partial charge is 0.231 e. The molecular weight excluding hydrogens is 302 g/mol. The number of nitrogens with zero attached hydrogens (tertiary/aromatic N) is 1. The monoisotopic (exact) mass is 325 g/mol. The number of primary amides is 1. The quantitative estimate of drug-likeness (QED) is 0.849. The van der Waals surface area contributed by atoms with E-state index in [0.29, 0.717) is 6.54 Å². The van der Waals surface area contributed by atoms with E-state index < -0.39 is 0 Å². The number of amides is 1. The van der Waals surface area contributed by atoms with Gasteiger partial charge in [-0.1, -0.05) is 30.3 Å². The zero-order valence-corrected chi connectivity index (χ0v) is 13.7. The molecule has 0 atom stereocenters. The number of carbonyl (C=O) groups excluding carboxylic acids is 1. The highest BCUT2D eigenvalue weighted by Gasteiger charge is 2.11. The fourth-order valence-electron chi connectivity index (χ4n) is 2.88. The maximum Gasteiger partial charge on any atom is 0.231 e. The molecule has 0 aliphatic carbocycles. The van der Waals surface area contributed by atoms with Crippen LogP contribution in [0.15, 0.2) is 48.5 Å². The summed E-state index contributed by atoms with van der Waals surface area (Å²) in [7, 11) is 0. The van der Waals surface area contributed by atoms with Gasteiger partial charge in [0.25, 0.3) is 0 Å². The largest absolute Gasteiger partial charge is 0.378 e.